The molecular weight excluding hydrogens is 420 g/mol. The summed E-state index contributed by atoms with van der Waals surface area (Å²) in [7, 11) is 0. The predicted octanol–water partition coefficient (Wildman–Crippen LogP) is 4.10. The summed E-state index contributed by atoms with van der Waals surface area (Å²) in [6, 6.07) is 8.27. The van der Waals surface area contributed by atoms with E-state index in [-0.39, 0.29) is 21.2 Å². The van der Waals surface area contributed by atoms with E-state index in [0.29, 0.717) is 0 Å². The minimum Gasteiger partial charge on any atom is -0.363 e. The predicted molar refractivity (Wildman–Crippen MR) is 96.1 cm³/mol. The standard InChI is InChI=1S/C18H13Cl2F3N2O3/c19-11-7-6-10(8-12(11)20)14-13(15(26)9-4-2-1-3-5-9)17(28,18(21,22)23)25-16(27)24-14/h1-8,13-14,28H,(H2,24,25,27)/t13-,14+,17-/m1/s1. The maximum Gasteiger partial charge on any atom is 0.437 e. The molecule has 3 atom stereocenters. The Hall–Kier alpha value is -2.29. The Labute approximate surface area is 167 Å². The lowest BCUT2D eigenvalue weighted by molar-refractivity contribution is -0.287. The van der Waals surface area contributed by atoms with Crippen molar-refractivity contribution in [3.63, 3.8) is 0 Å². The maximum absolute atomic E-state index is 13.8. The molecule has 1 aliphatic rings. The monoisotopic (exact) mass is 432 g/mol. The van der Waals surface area contributed by atoms with Crippen molar-refractivity contribution in [2.75, 3.05) is 0 Å². The van der Waals surface area contributed by atoms with Crippen LogP contribution in [0.2, 0.25) is 10.0 Å². The van der Waals surface area contributed by atoms with Gasteiger partial charge in [0.15, 0.2) is 5.78 Å². The van der Waals surface area contributed by atoms with Crippen LogP contribution in [-0.4, -0.2) is 28.8 Å². The number of hydrogen-bond acceptors (Lipinski definition) is 3. The van der Waals surface area contributed by atoms with E-state index in [9.17, 15) is 27.9 Å². The van der Waals surface area contributed by atoms with Gasteiger partial charge in [-0.3, -0.25) is 4.79 Å². The average molecular weight is 433 g/mol. The number of aliphatic hydroxyl groups is 1. The molecule has 148 valence electrons. The molecule has 1 fully saturated rings. The van der Waals surface area contributed by atoms with Gasteiger partial charge in [-0.25, -0.2) is 4.79 Å². The molecule has 3 N–H and O–H groups in total. The fourth-order valence-electron chi connectivity index (χ4n) is 3.10. The zero-order valence-corrected chi connectivity index (χ0v) is 15.4. The SMILES string of the molecule is O=C1N[C@@H](c2ccc(Cl)c(Cl)c2)[C@H](C(=O)c2ccccc2)[C@@](O)(C(F)(F)F)N1. The third-order valence-corrected chi connectivity index (χ3v) is 5.19. The quantitative estimate of drug-likeness (QED) is 0.638. The van der Waals surface area contributed by atoms with E-state index in [1.54, 1.807) is 6.07 Å². The molecule has 1 saturated heterocycles. The fourth-order valence-corrected chi connectivity index (χ4v) is 3.41. The van der Waals surface area contributed by atoms with E-state index in [4.69, 9.17) is 23.2 Å². The van der Waals surface area contributed by atoms with Crippen LogP contribution in [0.1, 0.15) is 22.0 Å². The van der Waals surface area contributed by atoms with Crippen molar-refractivity contribution < 1.29 is 27.9 Å². The number of halogens is 5. The first kappa shape index (κ1) is 20.4. The van der Waals surface area contributed by atoms with Gasteiger partial charge in [-0.1, -0.05) is 59.6 Å². The van der Waals surface area contributed by atoms with E-state index >= 15 is 0 Å². The summed E-state index contributed by atoms with van der Waals surface area (Å²) in [5, 5.41) is 14.3. The lowest BCUT2D eigenvalue weighted by Gasteiger charge is -2.45. The van der Waals surface area contributed by atoms with E-state index in [0.717, 1.165) is 0 Å². The van der Waals surface area contributed by atoms with Gasteiger partial charge in [-0.15, -0.1) is 0 Å². The second-order valence-corrected chi connectivity index (χ2v) is 7.04. The lowest BCUT2D eigenvalue weighted by Crippen LogP contribution is -2.72. The molecule has 0 aromatic heterocycles. The summed E-state index contributed by atoms with van der Waals surface area (Å²) >= 11 is 11.8. The molecule has 10 heteroatoms. The van der Waals surface area contributed by atoms with Crippen LogP contribution in [-0.2, 0) is 0 Å². The molecule has 0 saturated carbocycles. The molecule has 3 rings (SSSR count). The van der Waals surface area contributed by atoms with Crippen LogP contribution in [0.4, 0.5) is 18.0 Å². The number of amides is 2. The topological polar surface area (TPSA) is 78.4 Å². The van der Waals surface area contributed by atoms with Gasteiger partial charge in [0.2, 0.25) is 5.72 Å². The van der Waals surface area contributed by atoms with Gasteiger partial charge >= 0.3 is 12.2 Å². The van der Waals surface area contributed by atoms with E-state index < -0.39 is 35.7 Å². The van der Waals surface area contributed by atoms with E-state index in [2.05, 4.69) is 5.32 Å². The van der Waals surface area contributed by atoms with Gasteiger partial charge in [-0.05, 0) is 17.7 Å². The fraction of sp³-hybridized carbons (Fsp3) is 0.222. The van der Waals surface area contributed by atoms with Crippen molar-refractivity contribution in [2.24, 2.45) is 5.92 Å². The molecule has 2 aromatic rings. The second-order valence-electron chi connectivity index (χ2n) is 6.22. The molecule has 0 spiro atoms. The minimum atomic E-state index is -5.33. The number of benzene rings is 2. The van der Waals surface area contributed by atoms with Gasteiger partial charge in [0.05, 0.1) is 16.1 Å². The molecule has 2 aromatic carbocycles. The molecule has 1 aliphatic heterocycles. The van der Waals surface area contributed by atoms with E-state index in [1.165, 1.54) is 47.8 Å². The first-order valence-electron chi connectivity index (χ1n) is 7.96. The molecule has 1 heterocycles. The number of Topliss-reactive ketones (excluding diaryl/α,β-unsaturated/α-hetero) is 1. The minimum absolute atomic E-state index is 0.0217. The summed E-state index contributed by atoms with van der Waals surface area (Å²) in [5.41, 5.74) is -3.77. The number of rotatable bonds is 3. The first-order valence-corrected chi connectivity index (χ1v) is 8.72. The van der Waals surface area contributed by atoms with Crippen LogP contribution in [0.15, 0.2) is 48.5 Å². The molecule has 0 radical (unpaired) electrons. The Kier molecular flexibility index (Phi) is 5.31. The first-order chi connectivity index (χ1) is 13.0. The highest BCUT2D eigenvalue weighted by Crippen LogP contribution is 2.44. The van der Waals surface area contributed by atoms with Crippen LogP contribution in [0.25, 0.3) is 0 Å². The molecule has 0 bridgehead atoms. The molecular formula is C18H13Cl2F3N2O3. The van der Waals surface area contributed by atoms with Crippen LogP contribution < -0.4 is 10.6 Å². The number of ketones is 1. The molecule has 28 heavy (non-hydrogen) atoms. The number of nitrogens with one attached hydrogen (secondary N) is 2. The second kappa shape index (κ2) is 7.27. The van der Waals surface area contributed by atoms with Crippen molar-refractivity contribution in [1.82, 2.24) is 10.6 Å². The Balaban J connectivity index is 2.18. The molecule has 5 nitrogen and oxygen atoms in total. The zero-order valence-electron chi connectivity index (χ0n) is 13.9. The largest absolute Gasteiger partial charge is 0.437 e. The Bertz CT molecular complexity index is 924. The zero-order chi connectivity index (χ0) is 20.7. The molecule has 0 aliphatic carbocycles. The number of carbonyl (C=O) groups excluding carboxylic acids is 2. The average Bonchev–Trinajstić information content (AvgIpc) is 2.63. The summed E-state index contributed by atoms with van der Waals surface area (Å²) in [6.07, 6.45) is -5.33. The summed E-state index contributed by atoms with van der Waals surface area (Å²) in [6.45, 7) is 0. The third-order valence-electron chi connectivity index (χ3n) is 4.45. The summed E-state index contributed by atoms with van der Waals surface area (Å²) in [5.74, 6) is -3.13. The normalized spacial score (nSPS) is 25.0. The molecule has 0 unspecified atom stereocenters. The Morgan fingerprint density at radius 3 is 2.29 bits per heavy atom. The van der Waals surface area contributed by atoms with Crippen molar-refractivity contribution in [2.45, 2.75) is 17.9 Å². The third kappa shape index (κ3) is 3.55. The van der Waals surface area contributed by atoms with Crippen LogP contribution in [0.5, 0.6) is 0 Å². The highest BCUT2D eigenvalue weighted by atomic mass is 35.5. The van der Waals surface area contributed by atoms with Crippen molar-refractivity contribution >= 4 is 35.0 Å². The van der Waals surface area contributed by atoms with Crippen molar-refractivity contribution in [3.05, 3.63) is 69.7 Å². The van der Waals surface area contributed by atoms with Gasteiger partial charge < -0.3 is 15.7 Å². The van der Waals surface area contributed by atoms with Crippen molar-refractivity contribution in [3.8, 4) is 0 Å². The number of urea groups is 1. The summed E-state index contributed by atoms with van der Waals surface area (Å²) in [4.78, 5) is 24.9. The number of carbonyl (C=O) groups is 2. The van der Waals surface area contributed by atoms with Gasteiger partial charge in [0, 0.05) is 5.56 Å². The smallest absolute Gasteiger partial charge is 0.363 e. The molecule has 2 amide bonds. The highest BCUT2D eigenvalue weighted by molar-refractivity contribution is 6.42. The van der Waals surface area contributed by atoms with Crippen LogP contribution in [0, 0.1) is 5.92 Å². The Morgan fingerprint density at radius 1 is 1.07 bits per heavy atom. The number of hydrogen-bond donors (Lipinski definition) is 3. The van der Waals surface area contributed by atoms with Gasteiger partial charge in [0.1, 0.15) is 5.92 Å². The highest BCUT2D eigenvalue weighted by Gasteiger charge is 2.66. The van der Waals surface area contributed by atoms with Crippen LogP contribution in [0.3, 0.4) is 0 Å². The number of alkyl halides is 3. The van der Waals surface area contributed by atoms with Crippen molar-refractivity contribution in [1.29, 1.82) is 0 Å². The van der Waals surface area contributed by atoms with Gasteiger partial charge in [0.25, 0.3) is 0 Å². The van der Waals surface area contributed by atoms with E-state index in [1.807, 2.05) is 0 Å². The Morgan fingerprint density at radius 2 is 1.71 bits per heavy atom. The van der Waals surface area contributed by atoms with Crippen LogP contribution >= 0.6 is 23.2 Å². The maximum atomic E-state index is 13.8. The summed E-state index contributed by atoms with van der Waals surface area (Å²) < 4.78 is 41.3. The lowest BCUT2D eigenvalue weighted by atomic mass is 9.77. The van der Waals surface area contributed by atoms with Gasteiger partial charge in [-0.2, -0.15) is 13.2 Å².